The van der Waals surface area contributed by atoms with Crippen LogP contribution in [0.2, 0.25) is 0 Å². The summed E-state index contributed by atoms with van der Waals surface area (Å²) >= 11 is 0. The molecule has 0 spiro atoms. The van der Waals surface area contributed by atoms with Gasteiger partial charge in [-0.05, 0) is 116 Å². The summed E-state index contributed by atoms with van der Waals surface area (Å²) in [5, 5.41) is 2.46. The standard InChI is InChI=1S/C67H46N2/c1-5-22-47(23-6-1)48-24-19-32-54(44-48)68(53-30-11-4-12-31-53)55-33-20-25-49(45-55)56-34-13-14-35-57(56)50-42-43-60-59-37-16-18-40-63(59)69(65(60)46-50)64-41-21-38-61-58-36-15-17-39-62(58)67(66(61)64,51-26-7-2-8-27-51)52-28-9-3-10-29-52/h1-46H. The van der Waals surface area contributed by atoms with Gasteiger partial charge in [-0.2, -0.15) is 0 Å². The lowest BCUT2D eigenvalue weighted by molar-refractivity contribution is 0.762. The quantitative estimate of drug-likeness (QED) is 0.140. The summed E-state index contributed by atoms with van der Waals surface area (Å²) in [4.78, 5) is 2.37. The number of rotatable bonds is 9. The highest BCUT2D eigenvalue weighted by molar-refractivity contribution is 6.11. The molecule has 0 N–H and O–H groups in total. The van der Waals surface area contributed by atoms with Crippen LogP contribution < -0.4 is 4.90 Å². The van der Waals surface area contributed by atoms with Crippen LogP contribution in [0.1, 0.15) is 22.3 Å². The van der Waals surface area contributed by atoms with Crippen molar-refractivity contribution in [3.63, 3.8) is 0 Å². The molecule has 1 heterocycles. The minimum atomic E-state index is -0.561. The van der Waals surface area contributed by atoms with Crippen molar-refractivity contribution >= 4 is 38.9 Å². The Bertz CT molecular complexity index is 3790. The molecule has 2 nitrogen and oxygen atoms in total. The fourth-order valence-electron chi connectivity index (χ4n) is 11.3. The predicted octanol–water partition coefficient (Wildman–Crippen LogP) is 17.6. The van der Waals surface area contributed by atoms with Gasteiger partial charge in [-0.15, -0.1) is 0 Å². The van der Waals surface area contributed by atoms with Crippen LogP contribution in [0, 0.1) is 0 Å². The lowest BCUT2D eigenvalue weighted by atomic mass is 9.67. The molecule has 1 aliphatic rings. The molecule has 69 heavy (non-hydrogen) atoms. The minimum Gasteiger partial charge on any atom is -0.310 e. The lowest BCUT2D eigenvalue weighted by Crippen LogP contribution is -2.29. The molecule has 0 unspecified atom stereocenters. The van der Waals surface area contributed by atoms with E-state index in [0.29, 0.717) is 0 Å². The maximum atomic E-state index is 2.55. The first kappa shape index (κ1) is 40.3. The number of hydrogen-bond acceptors (Lipinski definition) is 1. The molecule has 2 heteroatoms. The van der Waals surface area contributed by atoms with E-state index in [2.05, 4.69) is 289 Å². The van der Waals surface area contributed by atoms with E-state index in [1.807, 2.05) is 0 Å². The van der Waals surface area contributed by atoms with Crippen molar-refractivity contribution in [2.45, 2.75) is 5.41 Å². The second-order valence-corrected chi connectivity index (χ2v) is 18.0. The van der Waals surface area contributed by atoms with Gasteiger partial charge in [-0.25, -0.2) is 0 Å². The Balaban J connectivity index is 1.000. The molecular formula is C67H46N2. The van der Waals surface area contributed by atoms with E-state index in [-0.39, 0.29) is 0 Å². The molecule has 324 valence electrons. The second kappa shape index (κ2) is 16.7. The Labute approximate surface area is 403 Å². The van der Waals surface area contributed by atoms with Crippen LogP contribution in [0.15, 0.2) is 279 Å². The van der Waals surface area contributed by atoms with Crippen LogP contribution in [0.3, 0.4) is 0 Å². The van der Waals surface area contributed by atoms with Crippen molar-refractivity contribution in [3.05, 3.63) is 301 Å². The van der Waals surface area contributed by atoms with Gasteiger partial charge in [0.25, 0.3) is 0 Å². The van der Waals surface area contributed by atoms with Gasteiger partial charge in [0.15, 0.2) is 0 Å². The molecule has 0 atom stereocenters. The third-order valence-corrected chi connectivity index (χ3v) is 14.2. The van der Waals surface area contributed by atoms with E-state index >= 15 is 0 Å². The van der Waals surface area contributed by atoms with E-state index in [9.17, 15) is 0 Å². The van der Waals surface area contributed by atoms with Gasteiger partial charge < -0.3 is 9.47 Å². The Morgan fingerprint density at radius 3 is 1.46 bits per heavy atom. The zero-order chi connectivity index (χ0) is 45.7. The molecule has 0 radical (unpaired) electrons. The number of anilines is 3. The zero-order valence-corrected chi connectivity index (χ0v) is 38.0. The first-order chi connectivity index (χ1) is 34.3. The van der Waals surface area contributed by atoms with E-state index in [1.165, 1.54) is 83.1 Å². The summed E-state index contributed by atoms with van der Waals surface area (Å²) in [6.07, 6.45) is 0. The summed E-state index contributed by atoms with van der Waals surface area (Å²) in [6.45, 7) is 0. The van der Waals surface area contributed by atoms with Crippen molar-refractivity contribution in [2.24, 2.45) is 0 Å². The maximum absolute atomic E-state index is 2.55. The van der Waals surface area contributed by atoms with Gasteiger partial charge in [0.1, 0.15) is 0 Å². The molecule has 0 bridgehead atoms. The molecule has 12 aromatic rings. The zero-order valence-electron chi connectivity index (χ0n) is 38.0. The molecule has 0 saturated heterocycles. The Hall–Kier alpha value is -8.98. The lowest BCUT2D eigenvalue weighted by Gasteiger charge is -2.35. The van der Waals surface area contributed by atoms with Gasteiger partial charge in [-0.3, -0.25) is 0 Å². The SMILES string of the molecule is c1ccc(-c2cccc(N(c3ccccc3)c3cccc(-c4ccccc4-c4ccc5c6ccccc6n(-c6cccc7c6C(c6ccccc6)(c6ccccc6)c6ccccc6-7)c5c4)c3)c2)cc1. The molecule has 0 amide bonds. The van der Waals surface area contributed by atoms with Crippen molar-refractivity contribution in [2.75, 3.05) is 4.90 Å². The molecule has 1 aliphatic carbocycles. The third kappa shape index (κ3) is 6.56. The van der Waals surface area contributed by atoms with E-state index in [1.54, 1.807) is 0 Å². The van der Waals surface area contributed by atoms with Crippen LogP contribution >= 0.6 is 0 Å². The fourth-order valence-corrected chi connectivity index (χ4v) is 11.3. The number of para-hydroxylation sites is 2. The molecule has 0 aliphatic heterocycles. The Morgan fingerprint density at radius 1 is 0.290 bits per heavy atom. The highest BCUT2D eigenvalue weighted by atomic mass is 15.1. The number of nitrogens with zero attached hydrogens (tertiary/aromatic N) is 2. The van der Waals surface area contributed by atoms with Crippen molar-refractivity contribution < 1.29 is 0 Å². The van der Waals surface area contributed by atoms with Crippen molar-refractivity contribution in [1.29, 1.82) is 0 Å². The Morgan fingerprint density at radius 2 is 0.768 bits per heavy atom. The minimum absolute atomic E-state index is 0.561. The van der Waals surface area contributed by atoms with Gasteiger partial charge in [0, 0.05) is 33.4 Å². The number of benzene rings is 11. The first-order valence-electron chi connectivity index (χ1n) is 23.8. The summed E-state index contributed by atoms with van der Waals surface area (Å²) in [5.41, 5.74) is 21.0. The molecular weight excluding hydrogens is 833 g/mol. The van der Waals surface area contributed by atoms with Gasteiger partial charge in [0.05, 0.1) is 22.1 Å². The smallest absolute Gasteiger partial charge is 0.0734 e. The molecule has 13 rings (SSSR count). The maximum Gasteiger partial charge on any atom is 0.0734 e. The highest BCUT2D eigenvalue weighted by Crippen LogP contribution is 2.58. The predicted molar refractivity (Wildman–Crippen MR) is 289 cm³/mol. The van der Waals surface area contributed by atoms with Gasteiger partial charge in [0.2, 0.25) is 0 Å². The third-order valence-electron chi connectivity index (χ3n) is 14.2. The largest absolute Gasteiger partial charge is 0.310 e. The van der Waals surface area contributed by atoms with Gasteiger partial charge in [-0.1, -0.05) is 224 Å². The number of aromatic nitrogens is 1. The summed E-state index contributed by atoms with van der Waals surface area (Å²) in [7, 11) is 0. The average molecular weight is 879 g/mol. The summed E-state index contributed by atoms with van der Waals surface area (Å²) < 4.78 is 2.55. The van der Waals surface area contributed by atoms with E-state index in [0.717, 1.165) is 28.2 Å². The van der Waals surface area contributed by atoms with Crippen LogP contribution in [-0.4, -0.2) is 4.57 Å². The molecule has 1 aromatic heterocycles. The fraction of sp³-hybridized carbons (Fsp3) is 0.0149. The molecule has 0 fully saturated rings. The monoisotopic (exact) mass is 878 g/mol. The summed E-state index contributed by atoms with van der Waals surface area (Å²) in [5.74, 6) is 0. The van der Waals surface area contributed by atoms with Crippen molar-refractivity contribution in [1.82, 2.24) is 4.57 Å². The average Bonchev–Trinajstić information content (AvgIpc) is 3.93. The Kier molecular flexibility index (Phi) is 9.77. The summed E-state index contributed by atoms with van der Waals surface area (Å²) in [6, 6.07) is 102. The van der Waals surface area contributed by atoms with Gasteiger partial charge >= 0.3 is 0 Å². The van der Waals surface area contributed by atoms with Crippen LogP contribution in [0.5, 0.6) is 0 Å². The van der Waals surface area contributed by atoms with Crippen LogP contribution in [0.4, 0.5) is 17.1 Å². The van der Waals surface area contributed by atoms with Crippen molar-refractivity contribution in [3.8, 4) is 50.2 Å². The second-order valence-electron chi connectivity index (χ2n) is 18.0. The van der Waals surface area contributed by atoms with Crippen LogP contribution in [0.25, 0.3) is 72.0 Å². The number of fused-ring (bicyclic) bond motifs is 6. The highest BCUT2D eigenvalue weighted by Gasteiger charge is 2.48. The topological polar surface area (TPSA) is 8.17 Å². The van der Waals surface area contributed by atoms with E-state index < -0.39 is 5.41 Å². The molecule has 11 aromatic carbocycles. The normalized spacial score (nSPS) is 12.5. The first-order valence-corrected chi connectivity index (χ1v) is 23.8. The van der Waals surface area contributed by atoms with E-state index in [4.69, 9.17) is 0 Å². The van der Waals surface area contributed by atoms with Crippen LogP contribution in [-0.2, 0) is 5.41 Å². The molecule has 0 saturated carbocycles. The number of hydrogen-bond donors (Lipinski definition) is 0.